The second kappa shape index (κ2) is 14.0. The molecule has 2 rings (SSSR count). The maximum Gasteiger partial charge on any atom is 0.279 e. The molecule has 0 aromatic carbocycles. The van der Waals surface area contributed by atoms with Gasteiger partial charge in [-0.2, -0.15) is 0 Å². The van der Waals surface area contributed by atoms with E-state index in [1.807, 2.05) is 10.8 Å². The molecule has 2 saturated heterocycles. The minimum Gasteiger partial charge on any atom is -0.379 e. The first-order valence-corrected chi connectivity index (χ1v) is 11.7. The number of nitrogens with one attached hydrogen (secondary N) is 1. The first-order chi connectivity index (χ1) is 10.8. The van der Waals surface area contributed by atoms with Gasteiger partial charge < -0.3 is 10.1 Å². The zero-order valence-corrected chi connectivity index (χ0v) is 16.9. The molecule has 1 unspecified atom stereocenters. The number of unbranched alkanes of at least 4 members (excludes halogenated alkanes) is 2. The summed E-state index contributed by atoms with van der Waals surface area (Å²) in [6.45, 7) is 5.30. The molecule has 1 amide bonds. The molecule has 0 radical (unpaired) electrons. The molecule has 23 heavy (non-hydrogen) atoms. The number of ether oxygens (including phenoxy) is 1. The normalized spacial score (nSPS) is 21.8. The third-order valence-electron chi connectivity index (χ3n) is 3.93. The van der Waals surface area contributed by atoms with Crippen LogP contribution in [0.15, 0.2) is 0 Å². The molecule has 2 fully saturated rings. The lowest BCUT2D eigenvalue weighted by Gasteiger charge is -2.26. The number of carbonyl (C=O) groups is 1. The Morgan fingerprint density at radius 2 is 2.09 bits per heavy atom. The van der Waals surface area contributed by atoms with E-state index in [9.17, 15) is 4.79 Å². The van der Waals surface area contributed by atoms with E-state index in [0.29, 0.717) is 0 Å². The largest absolute Gasteiger partial charge is 0.379 e. The molecule has 1 atom stereocenters. The van der Waals surface area contributed by atoms with Crippen molar-refractivity contribution in [3.63, 3.8) is 0 Å². The van der Waals surface area contributed by atoms with Gasteiger partial charge in [-0.3, -0.25) is 9.69 Å². The molecule has 0 aromatic heterocycles. The summed E-state index contributed by atoms with van der Waals surface area (Å²) in [4.78, 5) is 14.1. The van der Waals surface area contributed by atoms with Gasteiger partial charge in [0.25, 0.3) is 5.24 Å². The van der Waals surface area contributed by atoms with Gasteiger partial charge in [-0.05, 0) is 19.3 Å². The lowest BCUT2D eigenvalue weighted by Crippen LogP contribution is -2.40. The molecule has 8 heteroatoms. The number of carbonyl (C=O) groups excluding carboxylic acids is 1. The van der Waals surface area contributed by atoms with Crippen molar-refractivity contribution in [2.75, 3.05) is 50.9 Å². The molecule has 136 valence electrons. The number of rotatable bonds is 9. The highest BCUT2D eigenvalue weighted by molar-refractivity contribution is 8.77. The topological polar surface area (TPSA) is 41.6 Å². The van der Waals surface area contributed by atoms with E-state index in [1.165, 1.54) is 43.2 Å². The number of thioether (sulfide) groups is 1. The molecule has 2 aliphatic heterocycles. The summed E-state index contributed by atoms with van der Waals surface area (Å²) < 4.78 is 5.31. The maximum atomic E-state index is 11.7. The van der Waals surface area contributed by atoms with Crippen LogP contribution < -0.4 is 5.32 Å². The Hall–Kier alpha value is 0.730. The fraction of sp³-hybridized carbons (Fsp3) is 0.933. The number of nitrogens with zero attached hydrogens (tertiary/aromatic N) is 1. The molecule has 2 aliphatic rings. The van der Waals surface area contributed by atoms with Crippen molar-refractivity contribution < 1.29 is 9.53 Å². The van der Waals surface area contributed by atoms with Crippen LogP contribution in [-0.4, -0.2) is 66.3 Å². The minimum absolute atomic E-state index is 0. The van der Waals surface area contributed by atoms with Crippen LogP contribution in [0, 0.1) is 0 Å². The first-order valence-electron chi connectivity index (χ1n) is 8.33. The molecule has 0 bridgehead atoms. The monoisotopic (exact) mass is 400 g/mol. The van der Waals surface area contributed by atoms with Gasteiger partial charge in [0, 0.05) is 42.9 Å². The van der Waals surface area contributed by atoms with Crippen molar-refractivity contribution in [1.82, 2.24) is 10.2 Å². The van der Waals surface area contributed by atoms with Crippen LogP contribution in [0.1, 0.15) is 32.1 Å². The number of hydrogen-bond acceptors (Lipinski definition) is 6. The minimum atomic E-state index is 0. The second-order valence-corrected chi connectivity index (χ2v) is 9.55. The van der Waals surface area contributed by atoms with Crippen LogP contribution in [0.2, 0.25) is 0 Å². The summed E-state index contributed by atoms with van der Waals surface area (Å²) in [5.41, 5.74) is 0. The summed E-state index contributed by atoms with van der Waals surface area (Å²) in [6.07, 6.45) is 6.48. The Bertz CT molecular complexity index is 315. The van der Waals surface area contributed by atoms with Crippen molar-refractivity contribution in [2.24, 2.45) is 0 Å². The predicted molar refractivity (Wildman–Crippen MR) is 107 cm³/mol. The molecule has 0 aromatic rings. The Balaban J connectivity index is 0.00000264. The number of morpholine rings is 1. The van der Waals surface area contributed by atoms with Crippen LogP contribution in [0.5, 0.6) is 0 Å². The standard InChI is InChI=1S/C15H28N2O2S3.ClH/c18-15(16-6-7-17-8-10-19-11-9-17)20-12-3-1-2-4-14-5-13-21-22-14;/h14H,1-13H2,(H,16,18);1H. The highest BCUT2D eigenvalue weighted by Gasteiger charge is 2.15. The van der Waals surface area contributed by atoms with Gasteiger partial charge in [-0.15, -0.1) is 12.4 Å². The fourth-order valence-corrected chi connectivity index (χ4v) is 6.34. The van der Waals surface area contributed by atoms with Gasteiger partial charge in [0.15, 0.2) is 0 Å². The van der Waals surface area contributed by atoms with Crippen LogP contribution >= 0.6 is 45.8 Å². The highest BCUT2D eigenvalue weighted by atomic mass is 35.5. The molecule has 4 nitrogen and oxygen atoms in total. The summed E-state index contributed by atoms with van der Waals surface area (Å²) in [7, 11) is 4.09. The van der Waals surface area contributed by atoms with Gasteiger partial charge in [0.2, 0.25) is 0 Å². The maximum absolute atomic E-state index is 11.7. The van der Waals surface area contributed by atoms with E-state index < -0.39 is 0 Å². The quantitative estimate of drug-likeness (QED) is 0.467. The summed E-state index contributed by atoms with van der Waals surface area (Å²) in [5.74, 6) is 2.28. The smallest absolute Gasteiger partial charge is 0.279 e. The van der Waals surface area contributed by atoms with Crippen LogP contribution in [0.25, 0.3) is 0 Å². The highest BCUT2D eigenvalue weighted by Crippen LogP contribution is 2.39. The van der Waals surface area contributed by atoms with Gasteiger partial charge in [0.1, 0.15) is 0 Å². The molecule has 0 aliphatic carbocycles. The lowest BCUT2D eigenvalue weighted by molar-refractivity contribution is 0.0388. The van der Waals surface area contributed by atoms with Gasteiger partial charge >= 0.3 is 0 Å². The fourth-order valence-electron chi connectivity index (χ4n) is 2.57. The van der Waals surface area contributed by atoms with Gasteiger partial charge in [-0.1, -0.05) is 46.2 Å². The number of amides is 1. The van der Waals surface area contributed by atoms with Gasteiger partial charge in [0.05, 0.1) is 13.2 Å². The van der Waals surface area contributed by atoms with E-state index in [1.54, 1.807) is 0 Å². The molecule has 0 saturated carbocycles. The average Bonchev–Trinajstić information content (AvgIpc) is 3.05. The third kappa shape index (κ3) is 10.3. The van der Waals surface area contributed by atoms with E-state index in [-0.39, 0.29) is 17.6 Å². The van der Waals surface area contributed by atoms with Crippen molar-refractivity contribution >= 4 is 51.0 Å². The van der Waals surface area contributed by atoms with Crippen LogP contribution in [-0.2, 0) is 4.74 Å². The Morgan fingerprint density at radius 1 is 1.26 bits per heavy atom. The van der Waals surface area contributed by atoms with Crippen molar-refractivity contribution in [2.45, 2.75) is 37.4 Å². The van der Waals surface area contributed by atoms with Gasteiger partial charge in [-0.25, -0.2) is 0 Å². The molecular weight excluding hydrogens is 372 g/mol. The average molecular weight is 401 g/mol. The lowest BCUT2D eigenvalue weighted by atomic mass is 10.1. The first kappa shape index (κ1) is 21.8. The number of hydrogen-bond donors (Lipinski definition) is 1. The van der Waals surface area contributed by atoms with E-state index in [2.05, 4.69) is 21.0 Å². The Morgan fingerprint density at radius 3 is 2.83 bits per heavy atom. The van der Waals surface area contributed by atoms with Crippen LogP contribution in [0.3, 0.4) is 0 Å². The zero-order chi connectivity index (χ0) is 15.5. The SMILES string of the molecule is Cl.O=C(NCCN1CCOCC1)SCCCCCC1CCSS1. The van der Waals surface area contributed by atoms with Crippen LogP contribution in [0.4, 0.5) is 4.79 Å². The van der Waals surface area contributed by atoms with E-state index in [0.717, 1.165) is 56.8 Å². The predicted octanol–water partition coefficient (Wildman–Crippen LogP) is 3.90. The second-order valence-electron chi connectivity index (χ2n) is 5.69. The molecule has 1 N–H and O–H groups in total. The third-order valence-corrected chi connectivity index (χ3v) is 7.84. The van der Waals surface area contributed by atoms with Crippen molar-refractivity contribution in [3.8, 4) is 0 Å². The summed E-state index contributed by atoms with van der Waals surface area (Å²) in [6, 6.07) is 0. The van der Waals surface area contributed by atoms with Crippen molar-refractivity contribution in [3.05, 3.63) is 0 Å². The molecule has 0 spiro atoms. The van der Waals surface area contributed by atoms with Crippen molar-refractivity contribution in [1.29, 1.82) is 0 Å². The Labute approximate surface area is 158 Å². The van der Waals surface area contributed by atoms with E-state index >= 15 is 0 Å². The summed E-state index contributed by atoms with van der Waals surface area (Å²) >= 11 is 1.44. The Kier molecular flexibility index (Phi) is 13.2. The van der Waals surface area contributed by atoms with E-state index in [4.69, 9.17) is 4.74 Å². The molecular formula is C15H29ClN2O2S3. The molecule has 2 heterocycles. The zero-order valence-electron chi connectivity index (χ0n) is 13.7. The number of halogens is 1. The summed E-state index contributed by atoms with van der Waals surface area (Å²) in [5, 5.41) is 4.03.